The molecule has 1 aliphatic rings. The van der Waals surface area contributed by atoms with Crippen molar-refractivity contribution in [3.8, 4) is 0 Å². The van der Waals surface area contributed by atoms with Gasteiger partial charge in [-0.25, -0.2) is 0 Å². The maximum absolute atomic E-state index is 11.2. The molecule has 0 aromatic rings. The second kappa shape index (κ2) is 3.74. The van der Waals surface area contributed by atoms with Crippen LogP contribution in [0.3, 0.4) is 0 Å². The maximum atomic E-state index is 11.2. The van der Waals surface area contributed by atoms with Crippen molar-refractivity contribution in [3.63, 3.8) is 0 Å². The van der Waals surface area contributed by atoms with E-state index < -0.39 is 0 Å². The molecule has 68 valence electrons. The van der Waals surface area contributed by atoms with Crippen LogP contribution < -0.4 is 5.32 Å². The summed E-state index contributed by atoms with van der Waals surface area (Å²) in [6.45, 7) is 4.79. The number of nitrogens with one attached hydrogen (secondary N) is 1. The molecule has 0 spiro atoms. The summed E-state index contributed by atoms with van der Waals surface area (Å²) in [5.41, 5.74) is 0.333. The summed E-state index contributed by atoms with van der Waals surface area (Å²) in [5, 5.41) is 2.85. The zero-order chi connectivity index (χ0) is 9.03. The molecular weight excluding hydrogens is 150 g/mol. The van der Waals surface area contributed by atoms with Gasteiger partial charge in [0.15, 0.2) is 0 Å². The first-order valence-corrected chi connectivity index (χ1v) is 4.54. The summed E-state index contributed by atoms with van der Waals surface area (Å²) in [6, 6.07) is 0. The largest absolute Gasteiger partial charge is 0.353 e. The Balaban J connectivity index is 2.12. The van der Waals surface area contributed by atoms with Crippen molar-refractivity contribution < 1.29 is 4.79 Å². The molecule has 1 amide bonds. The molecule has 0 aromatic carbocycles. The standard InChI is InChI=1S/C10H17NO/c1-3-4-7-11-9(12)8-10(2)5-6-10/h3-4H,5-8H2,1-2H3,(H,11,12)/b4-3+. The topological polar surface area (TPSA) is 29.1 Å². The molecule has 1 aliphatic carbocycles. The third-order valence-electron chi connectivity index (χ3n) is 2.34. The van der Waals surface area contributed by atoms with Gasteiger partial charge < -0.3 is 5.32 Å². The molecule has 0 heterocycles. The molecule has 1 N–H and O–H groups in total. The summed E-state index contributed by atoms with van der Waals surface area (Å²) in [4.78, 5) is 11.2. The highest BCUT2D eigenvalue weighted by molar-refractivity contribution is 5.77. The summed E-state index contributed by atoms with van der Waals surface area (Å²) in [5.74, 6) is 0.188. The monoisotopic (exact) mass is 167 g/mol. The fourth-order valence-electron chi connectivity index (χ4n) is 1.13. The Morgan fingerprint density at radius 1 is 1.58 bits per heavy atom. The van der Waals surface area contributed by atoms with Crippen LogP contribution in [0.2, 0.25) is 0 Å². The van der Waals surface area contributed by atoms with E-state index in [1.165, 1.54) is 12.8 Å². The Bertz CT molecular complexity index is 192. The van der Waals surface area contributed by atoms with E-state index in [-0.39, 0.29) is 5.91 Å². The second-order valence-electron chi connectivity index (χ2n) is 3.86. The molecule has 2 nitrogen and oxygen atoms in total. The van der Waals surface area contributed by atoms with Crippen molar-refractivity contribution in [2.75, 3.05) is 6.54 Å². The van der Waals surface area contributed by atoms with Crippen LogP contribution in [0, 0.1) is 5.41 Å². The average molecular weight is 167 g/mol. The number of carbonyl (C=O) groups excluding carboxylic acids is 1. The molecule has 1 rings (SSSR count). The van der Waals surface area contributed by atoms with Crippen LogP contribution in [-0.2, 0) is 4.79 Å². The fourth-order valence-corrected chi connectivity index (χ4v) is 1.13. The van der Waals surface area contributed by atoms with Gasteiger partial charge in [-0.2, -0.15) is 0 Å². The van der Waals surface area contributed by atoms with Gasteiger partial charge in [0.1, 0.15) is 0 Å². The van der Waals surface area contributed by atoms with E-state index in [2.05, 4.69) is 12.2 Å². The first kappa shape index (κ1) is 9.30. The van der Waals surface area contributed by atoms with Crippen LogP contribution in [0.5, 0.6) is 0 Å². The Morgan fingerprint density at radius 3 is 2.75 bits per heavy atom. The van der Waals surface area contributed by atoms with Crippen molar-refractivity contribution in [2.45, 2.75) is 33.1 Å². The second-order valence-corrected chi connectivity index (χ2v) is 3.86. The van der Waals surface area contributed by atoms with E-state index in [0.29, 0.717) is 18.4 Å². The average Bonchev–Trinajstić information content (AvgIpc) is 2.68. The molecule has 0 unspecified atom stereocenters. The normalized spacial score (nSPS) is 19.5. The number of carbonyl (C=O) groups is 1. The van der Waals surface area contributed by atoms with Gasteiger partial charge in [-0.3, -0.25) is 4.79 Å². The molecule has 0 aromatic heterocycles. The highest BCUT2D eigenvalue weighted by Gasteiger charge is 2.38. The zero-order valence-corrected chi connectivity index (χ0v) is 7.89. The van der Waals surface area contributed by atoms with E-state index in [4.69, 9.17) is 0 Å². The maximum Gasteiger partial charge on any atom is 0.220 e. The lowest BCUT2D eigenvalue weighted by atomic mass is 10.1. The van der Waals surface area contributed by atoms with Gasteiger partial charge in [0.05, 0.1) is 0 Å². The predicted octanol–water partition coefficient (Wildman–Crippen LogP) is 1.87. The highest BCUT2D eigenvalue weighted by Crippen LogP contribution is 2.47. The van der Waals surface area contributed by atoms with Gasteiger partial charge in [-0.1, -0.05) is 19.1 Å². The third kappa shape index (κ3) is 3.07. The van der Waals surface area contributed by atoms with Crippen molar-refractivity contribution >= 4 is 5.91 Å². The van der Waals surface area contributed by atoms with Gasteiger partial charge in [-0.05, 0) is 25.2 Å². The molecule has 0 atom stereocenters. The number of hydrogen-bond acceptors (Lipinski definition) is 1. The molecule has 2 heteroatoms. The number of rotatable bonds is 4. The molecule has 12 heavy (non-hydrogen) atoms. The molecule has 0 bridgehead atoms. The molecule has 0 radical (unpaired) electrons. The lowest BCUT2D eigenvalue weighted by Crippen LogP contribution is -2.25. The summed E-state index contributed by atoms with van der Waals surface area (Å²) in [6.07, 6.45) is 7.02. The molecule has 0 saturated heterocycles. The van der Waals surface area contributed by atoms with Crippen molar-refractivity contribution in [2.24, 2.45) is 5.41 Å². The third-order valence-corrected chi connectivity index (χ3v) is 2.34. The first-order valence-electron chi connectivity index (χ1n) is 4.54. The summed E-state index contributed by atoms with van der Waals surface area (Å²) >= 11 is 0. The van der Waals surface area contributed by atoms with Crippen LogP contribution in [0.15, 0.2) is 12.2 Å². The van der Waals surface area contributed by atoms with Gasteiger partial charge >= 0.3 is 0 Å². The number of hydrogen-bond donors (Lipinski definition) is 1. The minimum atomic E-state index is 0.188. The molecule has 0 aliphatic heterocycles. The Kier molecular flexibility index (Phi) is 2.90. The van der Waals surface area contributed by atoms with E-state index in [1.54, 1.807) is 0 Å². The number of amides is 1. The van der Waals surface area contributed by atoms with Crippen LogP contribution in [-0.4, -0.2) is 12.5 Å². The minimum Gasteiger partial charge on any atom is -0.353 e. The summed E-state index contributed by atoms with van der Waals surface area (Å²) in [7, 11) is 0. The van der Waals surface area contributed by atoms with E-state index >= 15 is 0 Å². The number of allylic oxidation sites excluding steroid dienone is 1. The van der Waals surface area contributed by atoms with E-state index in [9.17, 15) is 4.79 Å². The molecular formula is C10H17NO. The van der Waals surface area contributed by atoms with Gasteiger partial charge in [0, 0.05) is 13.0 Å². The smallest absolute Gasteiger partial charge is 0.220 e. The van der Waals surface area contributed by atoms with Crippen LogP contribution in [0.1, 0.15) is 33.1 Å². The SMILES string of the molecule is C/C=C/CNC(=O)CC1(C)CC1. The van der Waals surface area contributed by atoms with Gasteiger partial charge in [-0.15, -0.1) is 0 Å². The van der Waals surface area contributed by atoms with Gasteiger partial charge in [0.2, 0.25) is 5.91 Å². The lowest BCUT2D eigenvalue weighted by molar-refractivity contribution is -0.121. The lowest BCUT2D eigenvalue weighted by Gasteiger charge is -2.06. The highest BCUT2D eigenvalue weighted by atomic mass is 16.1. The van der Waals surface area contributed by atoms with E-state index in [1.807, 2.05) is 19.1 Å². The van der Waals surface area contributed by atoms with Crippen molar-refractivity contribution in [3.05, 3.63) is 12.2 Å². The predicted molar refractivity (Wildman–Crippen MR) is 49.8 cm³/mol. The van der Waals surface area contributed by atoms with E-state index in [0.717, 1.165) is 0 Å². The Hall–Kier alpha value is -0.790. The Labute approximate surface area is 74.0 Å². The van der Waals surface area contributed by atoms with Crippen molar-refractivity contribution in [1.82, 2.24) is 5.32 Å². The van der Waals surface area contributed by atoms with Gasteiger partial charge in [0.25, 0.3) is 0 Å². The van der Waals surface area contributed by atoms with Crippen molar-refractivity contribution in [1.29, 1.82) is 0 Å². The zero-order valence-electron chi connectivity index (χ0n) is 7.89. The minimum absolute atomic E-state index is 0.188. The quantitative estimate of drug-likeness (QED) is 0.636. The van der Waals surface area contributed by atoms with Crippen LogP contribution in [0.4, 0.5) is 0 Å². The Morgan fingerprint density at radius 2 is 2.25 bits per heavy atom. The molecule has 1 fully saturated rings. The summed E-state index contributed by atoms with van der Waals surface area (Å²) < 4.78 is 0. The van der Waals surface area contributed by atoms with Crippen LogP contribution in [0.25, 0.3) is 0 Å². The van der Waals surface area contributed by atoms with Crippen LogP contribution >= 0.6 is 0 Å². The molecule has 1 saturated carbocycles. The first-order chi connectivity index (χ1) is 5.66. The fraction of sp³-hybridized carbons (Fsp3) is 0.700.